The number of nitrogens with one attached hydrogen (secondary N) is 1. The van der Waals surface area contributed by atoms with Crippen LogP contribution in [0.2, 0.25) is 0 Å². The molecule has 0 bridgehead atoms. The topological polar surface area (TPSA) is 59.3 Å². The van der Waals surface area contributed by atoms with Crippen LogP contribution in [0.1, 0.15) is 19.8 Å². The van der Waals surface area contributed by atoms with E-state index >= 15 is 0 Å². The highest BCUT2D eigenvalue weighted by molar-refractivity contribution is 5.95. The van der Waals surface area contributed by atoms with E-state index in [4.69, 9.17) is 0 Å². The maximum atomic E-state index is 11.2. The van der Waals surface area contributed by atoms with Crippen molar-refractivity contribution in [3.8, 4) is 0 Å². The fraction of sp³-hybridized carbons (Fsp3) is 0.333. The summed E-state index contributed by atoms with van der Waals surface area (Å²) in [6.07, 6.45) is 3.41. The first kappa shape index (κ1) is 8.04. The smallest absolute Gasteiger partial charge is 0.276 e. The maximum Gasteiger partial charge on any atom is 0.276 e. The summed E-state index contributed by atoms with van der Waals surface area (Å²) in [5, 5.41) is 4.23. The number of fused-ring (bicyclic) bond motifs is 1. The highest BCUT2D eigenvalue weighted by atomic mass is 16.1. The fourth-order valence-electron chi connectivity index (χ4n) is 1.29. The number of rotatable bonds is 2. The summed E-state index contributed by atoms with van der Waals surface area (Å²) in [4.78, 5) is 18.0. The molecule has 1 aromatic heterocycles. The van der Waals surface area contributed by atoms with Gasteiger partial charge < -0.3 is 4.98 Å². The zero-order valence-electron chi connectivity index (χ0n) is 7.37. The highest BCUT2D eigenvalue weighted by Gasteiger charge is 2.16. The number of H-pyrrole nitrogens is 1. The number of aromatic nitrogens is 1. The van der Waals surface area contributed by atoms with E-state index in [2.05, 4.69) is 22.2 Å². The lowest BCUT2D eigenvalue weighted by molar-refractivity contribution is 0.967. The Morgan fingerprint density at radius 1 is 1.54 bits per heavy atom. The van der Waals surface area contributed by atoms with Crippen LogP contribution in [-0.4, -0.2) is 10.8 Å². The van der Waals surface area contributed by atoms with Gasteiger partial charge in [-0.15, -0.1) is 0 Å². The van der Waals surface area contributed by atoms with Gasteiger partial charge in [-0.05, 0) is 12.5 Å². The number of amidine groups is 1. The van der Waals surface area contributed by atoms with Gasteiger partial charge in [-0.25, -0.2) is 10.3 Å². The molecule has 4 nitrogen and oxygen atoms in total. The number of hydrogen-bond donors (Lipinski definition) is 1. The Morgan fingerprint density at radius 3 is 3.08 bits per heavy atom. The van der Waals surface area contributed by atoms with Gasteiger partial charge in [0.1, 0.15) is 5.84 Å². The van der Waals surface area contributed by atoms with E-state index in [9.17, 15) is 4.79 Å². The molecule has 1 N–H and O–H groups in total. The SMILES string of the molecule is CCCC1=Nc2c(cc[nH]c2=O)[N]1. The van der Waals surface area contributed by atoms with Crippen molar-refractivity contribution in [1.82, 2.24) is 10.3 Å². The molecule has 0 aliphatic carbocycles. The molecule has 1 radical (unpaired) electrons. The predicted molar refractivity (Wildman–Crippen MR) is 50.9 cm³/mol. The van der Waals surface area contributed by atoms with Gasteiger partial charge in [0.05, 0.1) is 5.69 Å². The van der Waals surface area contributed by atoms with Gasteiger partial charge in [0.15, 0.2) is 5.69 Å². The lowest BCUT2D eigenvalue weighted by Crippen LogP contribution is -2.05. The molecular formula is C9H10N3O. The number of aliphatic imine (C=N–C) groups is 1. The van der Waals surface area contributed by atoms with Crippen molar-refractivity contribution in [2.75, 3.05) is 0 Å². The largest absolute Gasteiger partial charge is 0.327 e. The molecule has 1 aliphatic heterocycles. The number of pyridine rings is 1. The number of hydrogen-bond acceptors (Lipinski definition) is 2. The van der Waals surface area contributed by atoms with Crippen LogP contribution in [0.3, 0.4) is 0 Å². The van der Waals surface area contributed by atoms with Crippen LogP contribution in [0.15, 0.2) is 22.1 Å². The monoisotopic (exact) mass is 176 g/mol. The summed E-state index contributed by atoms with van der Waals surface area (Å²) >= 11 is 0. The first-order valence-corrected chi connectivity index (χ1v) is 4.32. The van der Waals surface area contributed by atoms with E-state index in [1.54, 1.807) is 12.3 Å². The first-order chi connectivity index (χ1) is 6.31. The summed E-state index contributed by atoms with van der Waals surface area (Å²) in [6.45, 7) is 2.06. The third kappa shape index (κ3) is 1.35. The molecule has 0 saturated carbocycles. The third-order valence-electron chi connectivity index (χ3n) is 1.88. The Bertz CT molecular complexity index is 406. The average molecular weight is 176 g/mol. The van der Waals surface area contributed by atoms with Crippen LogP contribution in [0.25, 0.3) is 0 Å². The second kappa shape index (κ2) is 3.05. The molecule has 0 unspecified atom stereocenters. The van der Waals surface area contributed by atoms with Gasteiger partial charge in [0, 0.05) is 12.6 Å². The van der Waals surface area contributed by atoms with Gasteiger partial charge in [-0.1, -0.05) is 6.92 Å². The molecule has 2 rings (SSSR count). The Labute approximate surface area is 75.7 Å². The van der Waals surface area contributed by atoms with Gasteiger partial charge in [0.25, 0.3) is 5.56 Å². The molecule has 0 fully saturated rings. The van der Waals surface area contributed by atoms with E-state index in [1.807, 2.05) is 0 Å². The van der Waals surface area contributed by atoms with Crippen LogP contribution in [0.4, 0.5) is 11.4 Å². The molecule has 1 aromatic rings. The Balaban J connectivity index is 2.38. The second-order valence-corrected chi connectivity index (χ2v) is 2.93. The van der Waals surface area contributed by atoms with E-state index in [0.29, 0.717) is 11.4 Å². The lowest BCUT2D eigenvalue weighted by Gasteiger charge is -1.94. The van der Waals surface area contributed by atoms with Crippen molar-refractivity contribution in [3.05, 3.63) is 22.6 Å². The van der Waals surface area contributed by atoms with Crippen molar-refractivity contribution in [2.24, 2.45) is 4.99 Å². The minimum atomic E-state index is -0.160. The first-order valence-electron chi connectivity index (χ1n) is 4.32. The Kier molecular flexibility index (Phi) is 1.88. The number of aromatic amines is 1. The van der Waals surface area contributed by atoms with Crippen LogP contribution in [0, 0.1) is 0 Å². The van der Waals surface area contributed by atoms with Crippen molar-refractivity contribution in [1.29, 1.82) is 0 Å². The van der Waals surface area contributed by atoms with Crippen LogP contribution >= 0.6 is 0 Å². The number of nitrogens with zero attached hydrogens (tertiary/aromatic N) is 2. The van der Waals surface area contributed by atoms with E-state index in [1.165, 1.54) is 0 Å². The predicted octanol–water partition coefficient (Wildman–Crippen LogP) is 1.45. The quantitative estimate of drug-likeness (QED) is 0.728. The van der Waals surface area contributed by atoms with Crippen LogP contribution in [-0.2, 0) is 0 Å². The standard InChI is InChI=1S/C9H10N3O/c1-2-3-7-11-6-4-5-10-9(13)8(6)12-7/h4-5H,2-3H2,1H3,(H,10,13). The third-order valence-corrected chi connectivity index (χ3v) is 1.88. The molecule has 67 valence electrons. The van der Waals surface area contributed by atoms with Gasteiger partial charge in [0.2, 0.25) is 0 Å². The normalized spacial score (nSPS) is 13.5. The zero-order valence-corrected chi connectivity index (χ0v) is 7.37. The van der Waals surface area contributed by atoms with Crippen molar-refractivity contribution in [2.45, 2.75) is 19.8 Å². The van der Waals surface area contributed by atoms with Crippen LogP contribution in [0.5, 0.6) is 0 Å². The Hall–Kier alpha value is -1.58. The lowest BCUT2D eigenvalue weighted by atomic mass is 10.3. The summed E-state index contributed by atoms with van der Waals surface area (Å²) < 4.78 is 0. The van der Waals surface area contributed by atoms with E-state index < -0.39 is 0 Å². The van der Waals surface area contributed by atoms with Crippen molar-refractivity contribution < 1.29 is 0 Å². The zero-order chi connectivity index (χ0) is 9.26. The fourth-order valence-corrected chi connectivity index (χ4v) is 1.29. The van der Waals surface area contributed by atoms with Gasteiger partial charge in [-0.3, -0.25) is 4.79 Å². The summed E-state index contributed by atoms with van der Waals surface area (Å²) in [5.74, 6) is 0.759. The molecule has 13 heavy (non-hydrogen) atoms. The van der Waals surface area contributed by atoms with E-state index in [0.717, 1.165) is 18.7 Å². The molecule has 0 spiro atoms. The molecular weight excluding hydrogens is 166 g/mol. The minimum absolute atomic E-state index is 0.160. The maximum absolute atomic E-state index is 11.2. The minimum Gasteiger partial charge on any atom is -0.327 e. The highest BCUT2D eigenvalue weighted by Crippen LogP contribution is 2.25. The molecule has 0 saturated heterocycles. The molecule has 0 aromatic carbocycles. The summed E-state index contributed by atoms with van der Waals surface area (Å²) in [6, 6.07) is 1.77. The molecule has 1 aliphatic rings. The molecule has 0 amide bonds. The Morgan fingerprint density at radius 2 is 2.38 bits per heavy atom. The van der Waals surface area contributed by atoms with Crippen LogP contribution < -0.4 is 10.9 Å². The van der Waals surface area contributed by atoms with Gasteiger partial charge >= 0.3 is 0 Å². The van der Waals surface area contributed by atoms with Crippen molar-refractivity contribution >= 4 is 17.2 Å². The second-order valence-electron chi connectivity index (χ2n) is 2.93. The summed E-state index contributed by atoms with van der Waals surface area (Å²) in [5.41, 5.74) is 0.977. The molecule has 2 heterocycles. The van der Waals surface area contributed by atoms with Crippen molar-refractivity contribution in [3.63, 3.8) is 0 Å². The van der Waals surface area contributed by atoms with E-state index in [-0.39, 0.29) is 5.56 Å². The average Bonchev–Trinajstić information content (AvgIpc) is 2.49. The van der Waals surface area contributed by atoms with Gasteiger partial charge in [-0.2, -0.15) is 0 Å². The molecule has 0 atom stereocenters. The summed E-state index contributed by atoms with van der Waals surface area (Å²) in [7, 11) is 0. The molecule has 4 heteroatoms.